The second kappa shape index (κ2) is 55.2. The van der Waals surface area contributed by atoms with Gasteiger partial charge < -0.3 is 39.0 Å². The molecule has 0 spiro atoms. The number of allylic oxidation sites excluding steroid dienone is 24. The monoisotopic (exact) mass is 1130 g/mol. The van der Waals surface area contributed by atoms with E-state index in [1.54, 1.807) is 0 Å². The van der Waals surface area contributed by atoms with Crippen molar-refractivity contribution in [2.75, 3.05) is 13.2 Å². The third-order valence-electron chi connectivity index (χ3n) is 12.9. The first kappa shape index (κ1) is 73.6. The number of hydrogen-bond acceptors (Lipinski definition) is 11. The van der Waals surface area contributed by atoms with E-state index in [1.807, 2.05) is 30.4 Å². The third kappa shape index (κ3) is 44.9. The van der Waals surface area contributed by atoms with E-state index in [0.29, 0.717) is 32.1 Å². The van der Waals surface area contributed by atoms with Gasteiger partial charge in [0.15, 0.2) is 24.6 Å². The van der Waals surface area contributed by atoms with Crippen LogP contribution in [-0.4, -0.2) is 89.2 Å². The maximum absolute atomic E-state index is 13.2. The number of aliphatic hydroxyl groups is 2. The molecule has 3 N–H and O–H groups in total. The lowest BCUT2D eigenvalue weighted by atomic mass is 9.98. The van der Waals surface area contributed by atoms with E-state index in [4.69, 9.17) is 23.7 Å². The summed E-state index contributed by atoms with van der Waals surface area (Å²) in [5, 5.41) is 31.5. The molecule has 0 amide bonds. The number of ether oxygens (including phenoxy) is 5. The summed E-state index contributed by atoms with van der Waals surface area (Å²) in [6.45, 7) is 5.62. The smallest absolute Gasteiger partial charge is 0.335 e. The van der Waals surface area contributed by atoms with Gasteiger partial charge in [0.25, 0.3) is 0 Å². The van der Waals surface area contributed by atoms with Crippen LogP contribution in [0.4, 0.5) is 0 Å². The van der Waals surface area contributed by atoms with Crippen molar-refractivity contribution in [2.24, 2.45) is 0 Å². The number of carbonyl (C=O) groups is 4. The average molecular weight is 1130 g/mol. The minimum absolute atomic E-state index is 0.0761. The fourth-order valence-electron chi connectivity index (χ4n) is 8.26. The Kier molecular flexibility index (Phi) is 50.1. The molecule has 1 aliphatic heterocycles. The van der Waals surface area contributed by atoms with Gasteiger partial charge in [-0.2, -0.15) is 0 Å². The fourth-order valence-corrected chi connectivity index (χ4v) is 8.26. The lowest BCUT2D eigenvalue weighted by Crippen LogP contribution is -2.61. The Labute approximate surface area is 489 Å². The standard InChI is InChI=1S/C69H106O12/c1-4-7-10-13-16-19-22-25-27-29-31-33-35-38-40-43-46-49-52-55-61(70)77-58-60(79-62(71)56-53-50-47-44-42-39-36-34-32-30-28-26-23-20-17-14-11-8-5-2)59-78-69-67(65(74)64(73)66(81-69)68(75)76)80-63(72)57-54-51-48-45-41-37-24-21-18-15-12-9-6-3/h7,9-10,12,16-21,25-28,31,33,37-38,40-41,46,48-49,51,60,64-67,69,73-74H,4-6,8,11,13-15,22-24,29-30,32,34-36,39,42-45,47,50,52-59H2,1-3H3,(H,75,76)/b10-7-,12-9-,19-16-,20-17-,21-18-,27-25-,28-26-,33-31-,40-38-,41-37-,49-46-,51-48-. The highest BCUT2D eigenvalue weighted by Gasteiger charge is 2.50. The molecule has 81 heavy (non-hydrogen) atoms. The first-order valence-electron chi connectivity index (χ1n) is 30.8. The molecule has 6 unspecified atom stereocenters. The molecule has 0 aromatic carbocycles. The molecule has 0 saturated carbocycles. The van der Waals surface area contributed by atoms with Gasteiger partial charge in [-0.3, -0.25) is 14.4 Å². The summed E-state index contributed by atoms with van der Waals surface area (Å²) in [6.07, 6.45) is 67.0. The summed E-state index contributed by atoms with van der Waals surface area (Å²) in [5.74, 6) is -3.36. The van der Waals surface area contributed by atoms with Gasteiger partial charge in [0, 0.05) is 19.3 Å². The average Bonchev–Trinajstić information content (AvgIpc) is 3.46. The predicted octanol–water partition coefficient (Wildman–Crippen LogP) is 16.3. The fraction of sp³-hybridized carbons (Fsp3) is 0.594. The Morgan fingerprint density at radius 2 is 0.802 bits per heavy atom. The normalized spacial score (nSPS) is 18.8. The highest BCUT2D eigenvalue weighted by molar-refractivity contribution is 5.74. The number of unbranched alkanes of at least 4 members (excludes halogenated alkanes) is 12. The number of aliphatic hydroxyl groups excluding tert-OH is 2. The quantitative estimate of drug-likeness (QED) is 0.0228. The Balaban J connectivity index is 2.76. The molecule has 12 nitrogen and oxygen atoms in total. The van der Waals surface area contributed by atoms with Crippen molar-refractivity contribution in [1.29, 1.82) is 0 Å². The largest absolute Gasteiger partial charge is 0.479 e. The van der Waals surface area contributed by atoms with Gasteiger partial charge >= 0.3 is 23.9 Å². The minimum atomic E-state index is -1.94. The second-order valence-corrected chi connectivity index (χ2v) is 20.2. The summed E-state index contributed by atoms with van der Waals surface area (Å²) in [7, 11) is 0. The molecular weight excluding hydrogens is 1020 g/mol. The molecule has 454 valence electrons. The molecule has 0 bridgehead atoms. The maximum Gasteiger partial charge on any atom is 0.335 e. The van der Waals surface area contributed by atoms with E-state index in [9.17, 15) is 34.5 Å². The highest BCUT2D eigenvalue weighted by atomic mass is 16.7. The SMILES string of the molecule is CC/C=C\C/C=C\C/C=C\C/C=C\C/C=C\C/C=C\CCC(=O)OCC(COC1OC(C(=O)O)C(O)C(O)C1OC(=O)CC/C=C\C/C=C\C/C=C\C/C=C\CC)OC(=O)CCCCCCCCCCC/C=C\C/C=C\CCCCC. The molecule has 1 fully saturated rings. The van der Waals surface area contributed by atoms with Crippen LogP contribution in [0.1, 0.15) is 213 Å². The molecule has 1 aliphatic rings. The third-order valence-corrected chi connectivity index (χ3v) is 12.9. The molecular formula is C69H106O12. The Morgan fingerprint density at radius 1 is 0.420 bits per heavy atom. The molecule has 6 atom stereocenters. The summed E-state index contributed by atoms with van der Waals surface area (Å²) in [4.78, 5) is 51.2. The molecule has 0 aromatic heterocycles. The first-order chi connectivity index (χ1) is 39.6. The number of carboxylic acids is 1. The summed E-state index contributed by atoms with van der Waals surface area (Å²) < 4.78 is 28.3. The van der Waals surface area contributed by atoms with Crippen LogP contribution in [0.25, 0.3) is 0 Å². The molecule has 1 saturated heterocycles. The Bertz CT molecular complexity index is 1960. The summed E-state index contributed by atoms with van der Waals surface area (Å²) in [5.41, 5.74) is 0. The van der Waals surface area contributed by atoms with E-state index in [-0.39, 0.29) is 25.9 Å². The number of hydrogen-bond donors (Lipinski definition) is 3. The number of carboxylic acid groups (broad SMARTS) is 1. The van der Waals surface area contributed by atoms with Crippen LogP contribution in [0, 0.1) is 0 Å². The molecule has 1 rings (SSSR count). The lowest BCUT2D eigenvalue weighted by Gasteiger charge is -2.40. The number of aliphatic carboxylic acids is 1. The van der Waals surface area contributed by atoms with Crippen molar-refractivity contribution in [2.45, 2.75) is 250 Å². The van der Waals surface area contributed by atoms with Gasteiger partial charge in [-0.15, -0.1) is 0 Å². The van der Waals surface area contributed by atoms with Crippen LogP contribution in [0.2, 0.25) is 0 Å². The van der Waals surface area contributed by atoms with Crippen molar-refractivity contribution in [1.82, 2.24) is 0 Å². The molecule has 0 radical (unpaired) electrons. The molecule has 0 aromatic rings. The van der Waals surface area contributed by atoms with Crippen LogP contribution >= 0.6 is 0 Å². The van der Waals surface area contributed by atoms with Gasteiger partial charge in [-0.25, -0.2) is 4.79 Å². The van der Waals surface area contributed by atoms with Crippen molar-refractivity contribution in [3.05, 3.63) is 146 Å². The minimum Gasteiger partial charge on any atom is -0.479 e. The van der Waals surface area contributed by atoms with Crippen molar-refractivity contribution in [3.63, 3.8) is 0 Å². The zero-order valence-electron chi connectivity index (χ0n) is 50.0. The zero-order valence-corrected chi connectivity index (χ0v) is 50.0. The summed E-state index contributed by atoms with van der Waals surface area (Å²) in [6, 6.07) is 0. The number of rotatable bonds is 50. The van der Waals surface area contributed by atoms with E-state index in [1.165, 1.54) is 51.4 Å². The maximum atomic E-state index is 13.2. The van der Waals surface area contributed by atoms with Gasteiger partial charge in [-0.05, 0) is 116 Å². The van der Waals surface area contributed by atoms with Gasteiger partial charge in [0.05, 0.1) is 6.61 Å². The Morgan fingerprint density at radius 3 is 1.23 bits per heavy atom. The van der Waals surface area contributed by atoms with Crippen LogP contribution in [0.15, 0.2) is 146 Å². The Hall–Kier alpha value is -5.40. The van der Waals surface area contributed by atoms with Gasteiger partial charge in [0.2, 0.25) is 0 Å². The zero-order chi connectivity index (χ0) is 58.9. The van der Waals surface area contributed by atoms with Gasteiger partial charge in [-0.1, -0.05) is 224 Å². The number of carbonyl (C=O) groups excluding carboxylic acids is 3. The van der Waals surface area contributed by atoms with Crippen LogP contribution in [0.5, 0.6) is 0 Å². The van der Waals surface area contributed by atoms with Crippen LogP contribution in [-0.2, 0) is 42.9 Å². The van der Waals surface area contributed by atoms with Crippen molar-refractivity contribution < 1.29 is 58.2 Å². The molecule has 12 heteroatoms. The predicted molar refractivity (Wildman–Crippen MR) is 330 cm³/mol. The highest BCUT2D eigenvalue weighted by Crippen LogP contribution is 2.26. The topological polar surface area (TPSA) is 175 Å². The van der Waals surface area contributed by atoms with Crippen molar-refractivity contribution in [3.8, 4) is 0 Å². The second-order valence-electron chi connectivity index (χ2n) is 20.2. The van der Waals surface area contributed by atoms with E-state index >= 15 is 0 Å². The van der Waals surface area contributed by atoms with E-state index in [0.717, 1.165) is 89.9 Å². The van der Waals surface area contributed by atoms with E-state index in [2.05, 4.69) is 136 Å². The summed E-state index contributed by atoms with van der Waals surface area (Å²) >= 11 is 0. The van der Waals surface area contributed by atoms with Crippen LogP contribution < -0.4 is 0 Å². The van der Waals surface area contributed by atoms with Crippen molar-refractivity contribution >= 4 is 23.9 Å². The number of esters is 3. The lowest BCUT2D eigenvalue weighted by molar-refractivity contribution is -0.301. The van der Waals surface area contributed by atoms with E-state index < -0.39 is 67.3 Å². The van der Waals surface area contributed by atoms with Crippen LogP contribution in [0.3, 0.4) is 0 Å². The first-order valence-corrected chi connectivity index (χ1v) is 30.8. The molecule has 1 heterocycles. The van der Waals surface area contributed by atoms with Gasteiger partial charge in [0.1, 0.15) is 18.8 Å². The molecule has 0 aliphatic carbocycles.